The molecule has 0 saturated carbocycles. The molecule has 0 radical (unpaired) electrons. The van der Waals surface area contributed by atoms with Gasteiger partial charge in [0.1, 0.15) is 5.82 Å². The maximum Gasteiger partial charge on any atom is 0.138 e. The summed E-state index contributed by atoms with van der Waals surface area (Å²) >= 11 is 1.95. The quantitative estimate of drug-likeness (QED) is 0.641. The highest BCUT2D eigenvalue weighted by atomic mass is 127. The van der Waals surface area contributed by atoms with Crippen LogP contribution in [0.1, 0.15) is 19.3 Å². The molecular formula is C13H18FIN2O. The lowest BCUT2D eigenvalue weighted by Gasteiger charge is -2.35. The molecule has 0 aromatic heterocycles. The zero-order valence-corrected chi connectivity index (χ0v) is 12.4. The van der Waals surface area contributed by atoms with E-state index in [2.05, 4.69) is 4.90 Å². The summed E-state index contributed by atoms with van der Waals surface area (Å²) in [4.78, 5) is 2.14. The maximum atomic E-state index is 13.6. The van der Waals surface area contributed by atoms with Gasteiger partial charge in [0.2, 0.25) is 0 Å². The first kappa shape index (κ1) is 13.9. The number of aliphatic hydroxyl groups is 1. The Kier molecular flexibility index (Phi) is 4.66. The standard InChI is InChI=1S/C13H18FIN2O/c14-10-6-13(12(16)7-11(10)15)17-4-1-2-9(8-17)3-5-18/h6-7,9,18H,1-5,8,16H2. The summed E-state index contributed by atoms with van der Waals surface area (Å²) in [6.07, 6.45) is 3.00. The Hall–Kier alpha value is -0.560. The molecule has 0 bridgehead atoms. The number of halogens is 2. The lowest BCUT2D eigenvalue weighted by molar-refractivity contribution is 0.244. The Labute approximate surface area is 120 Å². The molecule has 0 aliphatic carbocycles. The second kappa shape index (κ2) is 6.06. The van der Waals surface area contributed by atoms with Gasteiger partial charge in [-0.15, -0.1) is 0 Å². The Morgan fingerprint density at radius 3 is 3.00 bits per heavy atom. The summed E-state index contributed by atoms with van der Waals surface area (Å²) in [5.74, 6) is 0.259. The first-order valence-electron chi connectivity index (χ1n) is 6.22. The number of anilines is 2. The van der Waals surface area contributed by atoms with Gasteiger partial charge in [-0.2, -0.15) is 0 Å². The summed E-state index contributed by atoms with van der Waals surface area (Å²) < 4.78 is 14.2. The number of hydrogen-bond acceptors (Lipinski definition) is 3. The highest BCUT2D eigenvalue weighted by Gasteiger charge is 2.21. The van der Waals surface area contributed by atoms with Crippen molar-refractivity contribution < 1.29 is 9.50 Å². The van der Waals surface area contributed by atoms with Gasteiger partial charge >= 0.3 is 0 Å². The van der Waals surface area contributed by atoms with Gasteiger partial charge in [0.25, 0.3) is 0 Å². The van der Waals surface area contributed by atoms with E-state index < -0.39 is 0 Å². The molecule has 1 saturated heterocycles. The number of aliphatic hydroxyl groups excluding tert-OH is 1. The van der Waals surface area contributed by atoms with E-state index in [0.717, 1.165) is 38.0 Å². The minimum Gasteiger partial charge on any atom is -0.397 e. The van der Waals surface area contributed by atoms with Gasteiger partial charge in [-0.05, 0) is 53.8 Å². The molecule has 1 unspecified atom stereocenters. The van der Waals surface area contributed by atoms with Gasteiger partial charge in [-0.1, -0.05) is 0 Å². The summed E-state index contributed by atoms with van der Waals surface area (Å²) in [7, 11) is 0. The number of nitrogens with two attached hydrogens (primary N) is 1. The van der Waals surface area contributed by atoms with E-state index in [1.807, 2.05) is 22.6 Å². The molecule has 3 N–H and O–H groups in total. The largest absolute Gasteiger partial charge is 0.397 e. The van der Waals surface area contributed by atoms with Crippen molar-refractivity contribution in [3.05, 3.63) is 21.5 Å². The number of benzene rings is 1. The van der Waals surface area contributed by atoms with E-state index in [-0.39, 0.29) is 12.4 Å². The number of hydrogen-bond donors (Lipinski definition) is 2. The van der Waals surface area contributed by atoms with Crippen molar-refractivity contribution in [2.24, 2.45) is 5.92 Å². The molecule has 1 heterocycles. The van der Waals surface area contributed by atoms with Crippen LogP contribution in [-0.2, 0) is 0 Å². The molecule has 0 spiro atoms. The van der Waals surface area contributed by atoms with E-state index in [9.17, 15) is 4.39 Å². The van der Waals surface area contributed by atoms with Crippen LogP contribution >= 0.6 is 22.6 Å². The second-order valence-corrected chi connectivity index (χ2v) is 5.95. The number of nitrogens with zero attached hydrogens (tertiary/aromatic N) is 1. The van der Waals surface area contributed by atoms with Crippen molar-refractivity contribution in [1.82, 2.24) is 0 Å². The van der Waals surface area contributed by atoms with Gasteiger partial charge in [0.05, 0.1) is 14.9 Å². The first-order chi connectivity index (χ1) is 8.61. The highest BCUT2D eigenvalue weighted by molar-refractivity contribution is 14.1. The van der Waals surface area contributed by atoms with Crippen molar-refractivity contribution >= 4 is 34.0 Å². The van der Waals surface area contributed by atoms with Gasteiger partial charge in [-0.25, -0.2) is 4.39 Å². The SMILES string of the molecule is Nc1cc(I)c(F)cc1N1CCCC(CCO)C1. The van der Waals surface area contributed by atoms with Gasteiger partial charge < -0.3 is 15.7 Å². The fourth-order valence-electron chi connectivity index (χ4n) is 2.53. The van der Waals surface area contributed by atoms with Gasteiger partial charge in [0, 0.05) is 25.8 Å². The molecule has 18 heavy (non-hydrogen) atoms. The molecule has 1 fully saturated rings. The third kappa shape index (κ3) is 3.06. The maximum absolute atomic E-state index is 13.6. The van der Waals surface area contributed by atoms with Gasteiger partial charge in [0.15, 0.2) is 0 Å². The van der Waals surface area contributed by atoms with Crippen LogP contribution in [0.4, 0.5) is 15.8 Å². The molecule has 5 heteroatoms. The van der Waals surface area contributed by atoms with Crippen LogP contribution in [-0.4, -0.2) is 24.8 Å². The monoisotopic (exact) mass is 364 g/mol. The average molecular weight is 364 g/mol. The van der Waals surface area contributed by atoms with E-state index >= 15 is 0 Å². The molecule has 1 aliphatic heterocycles. The third-order valence-electron chi connectivity index (χ3n) is 3.47. The second-order valence-electron chi connectivity index (χ2n) is 4.79. The van der Waals surface area contributed by atoms with Crippen LogP contribution in [0.25, 0.3) is 0 Å². The van der Waals surface area contributed by atoms with Crippen LogP contribution in [0.5, 0.6) is 0 Å². The van der Waals surface area contributed by atoms with Crippen LogP contribution in [0.2, 0.25) is 0 Å². The van der Waals surface area contributed by atoms with Crippen molar-refractivity contribution in [2.45, 2.75) is 19.3 Å². The Morgan fingerprint density at radius 2 is 2.28 bits per heavy atom. The normalized spacial score (nSPS) is 20.2. The molecule has 100 valence electrons. The number of nitrogen functional groups attached to an aromatic ring is 1. The van der Waals surface area contributed by atoms with Crippen molar-refractivity contribution in [3.8, 4) is 0 Å². The van der Waals surface area contributed by atoms with E-state index in [1.54, 1.807) is 6.07 Å². The van der Waals surface area contributed by atoms with Crippen molar-refractivity contribution in [2.75, 3.05) is 30.3 Å². The van der Waals surface area contributed by atoms with Crippen LogP contribution in [0.3, 0.4) is 0 Å². The molecular weight excluding hydrogens is 346 g/mol. The fourth-order valence-corrected chi connectivity index (χ4v) is 3.02. The lowest BCUT2D eigenvalue weighted by Crippen LogP contribution is -2.36. The number of rotatable bonds is 3. The van der Waals surface area contributed by atoms with E-state index in [0.29, 0.717) is 15.2 Å². The summed E-state index contributed by atoms with van der Waals surface area (Å²) in [6, 6.07) is 3.21. The topological polar surface area (TPSA) is 49.5 Å². The predicted molar refractivity (Wildman–Crippen MR) is 80.2 cm³/mol. The first-order valence-corrected chi connectivity index (χ1v) is 7.30. The zero-order valence-electron chi connectivity index (χ0n) is 10.2. The predicted octanol–water partition coefficient (Wildman–Crippen LogP) is 2.61. The minimum atomic E-state index is -0.218. The van der Waals surface area contributed by atoms with Crippen LogP contribution in [0, 0.1) is 15.3 Å². The fraction of sp³-hybridized carbons (Fsp3) is 0.538. The van der Waals surface area contributed by atoms with Crippen molar-refractivity contribution in [3.63, 3.8) is 0 Å². The molecule has 2 rings (SSSR count). The zero-order chi connectivity index (χ0) is 13.1. The smallest absolute Gasteiger partial charge is 0.138 e. The summed E-state index contributed by atoms with van der Waals surface area (Å²) in [5, 5.41) is 9.01. The average Bonchev–Trinajstić information content (AvgIpc) is 2.34. The van der Waals surface area contributed by atoms with Crippen LogP contribution < -0.4 is 10.6 Å². The van der Waals surface area contributed by atoms with E-state index in [1.165, 1.54) is 6.07 Å². The Bertz CT molecular complexity index is 426. The molecule has 1 aliphatic rings. The summed E-state index contributed by atoms with van der Waals surface area (Å²) in [5.41, 5.74) is 7.40. The Balaban J connectivity index is 2.18. The molecule has 1 aromatic carbocycles. The highest BCUT2D eigenvalue weighted by Crippen LogP contribution is 2.31. The van der Waals surface area contributed by atoms with Gasteiger partial charge in [-0.3, -0.25) is 0 Å². The lowest BCUT2D eigenvalue weighted by atomic mass is 9.94. The number of piperidine rings is 1. The minimum absolute atomic E-state index is 0.217. The molecule has 1 atom stereocenters. The summed E-state index contributed by atoms with van der Waals surface area (Å²) in [6.45, 7) is 1.98. The third-order valence-corrected chi connectivity index (χ3v) is 4.29. The molecule has 3 nitrogen and oxygen atoms in total. The molecule has 0 amide bonds. The van der Waals surface area contributed by atoms with E-state index in [4.69, 9.17) is 10.8 Å². The molecule has 1 aromatic rings. The van der Waals surface area contributed by atoms with Crippen LogP contribution in [0.15, 0.2) is 12.1 Å². The Morgan fingerprint density at radius 1 is 1.50 bits per heavy atom. The van der Waals surface area contributed by atoms with Crippen molar-refractivity contribution in [1.29, 1.82) is 0 Å².